The minimum absolute atomic E-state index is 0.284. The van der Waals surface area contributed by atoms with Crippen molar-refractivity contribution in [2.24, 2.45) is 0 Å². The van der Waals surface area contributed by atoms with Crippen molar-refractivity contribution in [1.82, 2.24) is 9.97 Å². The maximum Gasteiger partial charge on any atom is 0.338 e. The molecule has 7 heteroatoms. The topological polar surface area (TPSA) is 84.4 Å². The van der Waals surface area contributed by atoms with Crippen LogP contribution in [0.5, 0.6) is 0 Å². The van der Waals surface area contributed by atoms with Crippen molar-refractivity contribution < 1.29 is 14.3 Å². The van der Waals surface area contributed by atoms with Crippen LogP contribution in [0.2, 0.25) is 0 Å². The number of rotatable bonds is 5. The van der Waals surface area contributed by atoms with Crippen molar-refractivity contribution in [2.45, 2.75) is 19.8 Å². The van der Waals surface area contributed by atoms with E-state index in [1.165, 1.54) is 0 Å². The van der Waals surface area contributed by atoms with Gasteiger partial charge in [0.05, 0.1) is 23.2 Å². The molecule has 148 valence electrons. The van der Waals surface area contributed by atoms with E-state index < -0.39 is 5.97 Å². The molecule has 0 bridgehead atoms. The van der Waals surface area contributed by atoms with Crippen LogP contribution in [-0.2, 0) is 4.74 Å². The van der Waals surface area contributed by atoms with E-state index in [9.17, 15) is 9.59 Å². The Balaban J connectivity index is 1.67. The summed E-state index contributed by atoms with van der Waals surface area (Å²) in [6.07, 6.45) is 2.13. The predicted molar refractivity (Wildman–Crippen MR) is 111 cm³/mol. The average molecular weight is 390 g/mol. The lowest BCUT2D eigenvalue weighted by atomic mass is 10.2. The second-order valence-electron chi connectivity index (χ2n) is 6.83. The highest BCUT2D eigenvalue weighted by Gasteiger charge is 2.23. The van der Waals surface area contributed by atoms with Crippen LogP contribution in [0.15, 0.2) is 48.5 Å². The van der Waals surface area contributed by atoms with Gasteiger partial charge >= 0.3 is 5.97 Å². The Morgan fingerprint density at radius 3 is 2.48 bits per heavy atom. The highest BCUT2D eigenvalue weighted by Crippen LogP contribution is 2.25. The van der Waals surface area contributed by atoms with Gasteiger partial charge in [-0.25, -0.2) is 14.8 Å². The first kappa shape index (κ1) is 18.9. The zero-order valence-electron chi connectivity index (χ0n) is 16.2. The summed E-state index contributed by atoms with van der Waals surface area (Å²) in [6.45, 7) is 3.75. The Hall–Kier alpha value is -3.48. The van der Waals surface area contributed by atoms with Crippen molar-refractivity contribution in [1.29, 1.82) is 0 Å². The van der Waals surface area contributed by atoms with Gasteiger partial charge in [-0.05, 0) is 50.1 Å². The maximum atomic E-state index is 13.1. The number of esters is 1. The molecular formula is C22H22N4O3. The molecule has 4 rings (SSSR count). The number of aromatic nitrogens is 2. The lowest BCUT2D eigenvalue weighted by molar-refractivity contribution is 0.0526. The summed E-state index contributed by atoms with van der Waals surface area (Å²) in [7, 11) is 0. The van der Waals surface area contributed by atoms with E-state index in [0.29, 0.717) is 29.2 Å². The van der Waals surface area contributed by atoms with E-state index in [-0.39, 0.29) is 11.6 Å². The molecule has 1 aliphatic heterocycles. The Morgan fingerprint density at radius 2 is 1.76 bits per heavy atom. The van der Waals surface area contributed by atoms with Crippen molar-refractivity contribution in [2.75, 3.05) is 29.9 Å². The Bertz CT molecular complexity index is 1060. The average Bonchev–Trinajstić information content (AvgIpc) is 3.28. The summed E-state index contributed by atoms with van der Waals surface area (Å²) in [5, 5.41) is 2.85. The molecule has 0 aliphatic carbocycles. The molecule has 1 saturated heterocycles. The molecule has 0 radical (unpaired) electrons. The number of benzene rings is 2. The van der Waals surface area contributed by atoms with Gasteiger partial charge in [0, 0.05) is 18.8 Å². The molecule has 1 aromatic heterocycles. The summed E-state index contributed by atoms with van der Waals surface area (Å²) in [4.78, 5) is 36.5. The van der Waals surface area contributed by atoms with E-state index in [2.05, 4.69) is 15.2 Å². The summed E-state index contributed by atoms with van der Waals surface area (Å²) in [5.74, 6) is -0.182. The fraction of sp³-hybridized carbons (Fsp3) is 0.273. The van der Waals surface area contributed by atoms with Gasteiger partial charge in [-0.3, -0.25) is 4.79 Å². The lowest BCUT2D eigenvalue weighted by Crippen LogP contribution is -2.25. The van der Waals surface area contributed by atoms with Crippen molar-refractivity contribution in [3.8, 4) is 0 Å². The smallest absolute Gasteiger partial charge is 0.338 e. The lowest BCUT2D eigenvalue weighted by Gasteiger charge is -2.19. The van der Waals surface area contributed by atoms with Crippen LogP contribution < -0.4 is 10.2 Å². The number of anilines is 2. The fourth-order valence-corrected chi connectivity index (χ4v) is 3.42. The fourth-order valence-electron chi connectivity index (χ4n) is 3.42. The molecule has 1 amide bonds. The number of fused-ring (bicyclic) bond motifs is 1. The molecule has 0 atom stereocenters. The van der Waals surface area contributed by atoms with E-state index in [1.807, 2.05) is 24.3 Å². The third kappa shape index (κ3) is 4.03. The van der Waals surface area contributed by atoms with E-state index in [1.54, 1.807) is 31.2 Å². The molecule has 1 fully saturated rings. The molecule has 29 heavy (non-hydrogen) atoms. The van der Waals surface area contributed by atoms with Crippen LogP contribution in [0.3, 0.4) is 0 Å². The third-order valence-corrected chi connectivity index (χ3v) is 4.80. The largest absolute Gasteiger partial charge is 0.462 e. The molecule has 2 heterocycles. The number of amides is 1. The molecule has 0 unspecified atom stereocenters. The molecule has 1 aliphatic rings. The number of hydrogen-bond acceptors (Lipinski definition) is 6. The van der Waals surface area contributed by atoms with Crippen LogP contribution in [0.4, 0.5) is 11.5 Å². The molecule has 0 spiro atoms. The number of para-hydroxylation sites is 2. The molecule has 1 N–H and O–H groups in total. The number of nitrogens with one attached hydrogen (secondary N) is 1. The van der Waals surface area contributed by atoms with Crippen molar-refractivity contribution >= 4 is 34.4 Å². The van der Waals surface area contributed by atoms with Crippen molar-refractivity contribution in [3.05, 3.63) is 59.8 Å². The highest BCUT2D eigenvalue weighted by molar-refractivity contribution is 6.07. The number of ether oxygens (including phenoxy) is 1. The van der Waals surface area contributed by atoms with Crippen LogP contribution in [0.25, 0.3) is 11.0 Å². The third-order valence-electron chi connectivity index (χ3n) is 4.80. The van der Waals surface area contributed by atoms with Gasteiger partial charge in [-0.1, -0.05) is 18.2 Å². The Labute approximate surface area is 168 Å². The minimum atomic E-state index is -0.424. The van der Waals surface area contributed by atoms with Gasteiger partial charge in [-0.15, -0.1) is 0 Å². The first-order valence-corrected chi connectivity index (χ1v) is 9.76. The van der Waals surface area contributed by atoms with Gasteiger partial charge in [0.1, 0.15) is 0 Å². The molecular weight excluding hydrogens is 368 g/mol. The number of carbonyl (C=O) groups is 2. The number of hydrogen-bond donors (Lipinski definition) is 1. The normalized spacial score (nSPS) is 13.5. The highest BCUT2D eigenvalue weighted by atomic mass is 16.5. The van der Waals surface area contributed by atoms with Crippen LogP contribution in [-0.4, -0.2) is 41.5 Å². The number of carbonyl (C=O) groups excluding carboxylic acids is 2. The summed E-state index contributed by atoms with van der Waals surface area (Å²) in [5.41, 5.74) is 2.60. The number of nitrogens with zero attached hydrogens (tertiary/aromatic N) is 3. The van der Waals surface area contributed by atoms with Gasteiger partial charge < -0.3 is 15.0 Å². The second kappa shape index (κ2) is 8.26. The maximum absolute atomic E-state index is 13.1. The Kier molecular flexibility index (Phi) is 5.37. The monoisotopic (exact) mass is 390 g/mol. The molecule has 7 nitrogen and oxygen atoms in total. The second-order valence-corrected chi connectivity index (χ2v) is 6.83. The summed E-state index contributed by atoms with van der Waals surface area (Å²) >= 11 is 0. The summed E-state index contributed by atoms with van der Waals surface area (Å²) < 4.78 is 5.03. The molecule has 3 aromatic rings. The minimum Gasteiger partial charge on any atom is -0.462 e. The zero-order chi connectivity index (χ0) is 20.2. The standard InChI is InChI=1S/C22H22N4O3/c1-2-29-22(28)15-8-7-9-16(14-15)23-21(27)19-20(26-12-5-6-13-26)25-18-11-4-3-10-17(18)24-19/h3-4,7-11,14H,2,5-6,12-13H2,1H3,(H,23,27). The first-order chi connectivity index (χ1) is 14.2. The Morgan fingerprint density at radius 1 is 1.03 bits per heavy atom. The first-order valence-electron chi connectivity index (χ1n) is 9.76. The van der Waals surface area contributed by atoms with Crippen LogP contribution in [0, 0.1) is 0 Å². The SMILES string of the molecule is CCOC(=O)c1cccc(NC(=O)c2nc3ccccc3nc2N2CCCC2)c1. The van der Waals surface area contributed by atoms with Gasteiger partial charge in [0.15, 0.2) is 11.5 Å². The predicted octanol–water partition coefficient (Wildman–Crippen LogP) is 3.66. The van der Waals surface area contributed by atoms with Crippen molar-refractivity contribution in [3.63, 3.8) is 0 Å². The van der Waals surface area contributed by atoms with E-state index >= 15 is 0 Å². The van der Waals surface area contributed by atoms with Gasteiger partial charge in [-0.2, -0.15) is 0 Å². The van der Waals surface area contributed by atoms with Gasteiger partial charge in [0.25, 0.3) is 5.91 Å². The van der Waals surface area contributed by atoms with E-state index in [4.69, 9.17) is 9.72 Å². The quantitative estimate of drug-likeness (QED) is 0.670. The van der Waals surface area contributed by atoms with Crippen LogP contribution in [0.1, 0.15) is 40.6 Å². The van der Waals surface area contributed by atoms with Crippen LogP contribution >= 0.6 is 0 Å². The summed E-state index contributed by atoms with van der Waals surface area (Å²) in [6, 6.07) is 14.2. The molecule has 2 aromatic carbocycles. The van der Waals surface area contributed by atoms with E-state index in [0.717, 1.165) is 31.4 Å². The van der Waals surface area contributed by atoms with Gasteiger partial charge in [0.2, 0.25) is 0 Å². The zero-order valence-corrected chi connectivity index (χ0v) is 16.2. The molecule has 0 saturated carbocycles.